The number of esters is 1. The molecule has 18 heteroatoms. The second-order valence-corrected chi connectivity index (χ2v) is 16.9. The number of aliphatic hydroxyl groups excluding tert-OH is 1. The molecule has 1 amide bonds. The standard InChI is InChI=1S/C41H62FN7O10/c1-11-30-41(7)35(49(39(54)59-41)18-13-12-17-48-21-27(45-46-48)26-15-14-16-31(43)44-26)24(4)32(50)22(2)19-29(55-10)34(25(5)36(52)40(6,42)38(53)57-30)58-37-33(51)28(47(8)9)20-23(3)56-37/h14-16,21-25,28-30,33-35,37,51H,11-13,17-20H2,1-10H3,(H2,43,44)/t22-,23?,24+,25?,28?,29?,30?,33?,34-,35?,37?,40?,41-/m1/s1. The number of amides is 1. The fourth-order valence-electron chi connectivity index (χ4n) is 8.95. The molecule has 0 aromatic carbocycles. The number of pyridine rings is 1. The highest BCUT2D eigenvalue weighted by molar-refractivity contribution is 6.07. The van der Waals surface area contributed by atoms with E-state index in [0.29, 0.717) is 43.0 Å². The average molecular weight is 832 g/mol. The number of ketones is 2. The lowest BCUT2D eigenvalue weighted by molar-refractivity contribution is -0.284. The topological polar surface area (TPSA) is 211 Å². The first-order chi connectivity index (χ1) is 27.7. The Bertz CT molecular complexity index is 1810. The molecule has 2 aromatic rings. The van der Waals surface area contributed by atoms with Crippen LogP contribution in [0.2, 0.25) is 0 Å². The van der Waals surface area contributed by atoms with Gasteiger partial charge in [-0.25, -0.2) is 19.0 Å². The van der Waals surface area contributed by atoms with Crippen molar-refractivity contribution in [3.05, 3.63) is 24.4 Å². The normalized spacial score (nSPS) is 36.3. The molecule has 3 fully saturated rings. The van der Waals surface area contributed by atoms with Crippen LogP contribution >= 0.6 is 0 Å². The van der Waals surface area contributed by atoms with Crippen molar-refractivity contribution in [2.75, 3.05) is 33.5 Å². The van der Waals surface area contributed by atoms with E-state index in [-0.39, 0.29) is 37.3 Å². The van der Waals surface area contributed by atoms with Crippen LogP contribution in [0.15, 0.2) is 24.4 Å². The number of nitrogens with zero attached hydrogens (tertiary/aromatic N) is 6. The van der Waals surface area contributed by atoms with Crippen LogP contribution < -0.4 is 5.73 Å². The zero-order chi connectivity index (χ0) is 43.6. The number of methoxy groups -OCH3 is 1. The third-order valence-corrected chi connectivity index (χ3v) is 12.3. The minimum Gasteiger partial charge on any atom is -0.455 e. The first-order valence-corrected chi connectivity index (χ1v) is 20.5. The van der Waals surface area contributed by atoms with Crippen molar-refractivity contribution in [1.29, 1.82) is 0 Å². The van der Waals surface area contributed by atoms with Gasteiger partial charge in [0.05, 0.1) is 36.2 Å². The van der Waals surface area contributed by atoms with Crippen molar-refractivity contribution in [1.82, 2.24) is 29.8 Å². The number of aliphatic hydroxyl groups is 1. The summed E-state index contributed by atoms with van der Waals surface area (Å²) in [4.78, 5) is 63.9. The second-order valence-electron chi connectivity index (χ2n) is 16.9. The number of anilines is 1. The predicted octanol–water partition coefficient (Wildman–Crippen LogP) is 3.61. The van der Waals surface area contributed by atoms with Crippen LogP contribution in [0.4, 0.5) is 15.0 Å². The number of ether oxygens (including phenoxy) is 5. The Kier molecular flexibility index (Phi) is 14.5. The summed E-state index contributed by atoms with van der Waals surface area (Å²) in [6, 6.07) is 3.94. The summed E-state index contributed by atoms with van der Waals surface area (Å²) < 4.78 is 48.6. The number of aryl methyl sites for hydroxylation is 1. The molecule has 3 aliphatic rings. The molecule has 17 nitrogen and oxygen atoms in total. The van der Waals surface area contributed by atoms with Gasteiger partial charge >= 0.3 is 12.1 Å². The van der Waals surface area contributed by atoms with E-state index in [1.54, 1.807) is 56.8 Å². The number of carbonyl (C=O) groups is 4. The maximum absolute atomic E-state index is 16.8. The summed E-state index contributed by atoms with van der Waals surface area (Å²) in [5.74, 6) is -5.42. The number of nitrogens with two attached hydrogens (primary N) is 1. The zero-order valence-electron chi connectivity index (χ0n) is 35.9. The summed E-state index contributed by atoms with van der Waals surface area (Å²) in [6.45, 7) is 11.4. The fourth-order valence-corrected chi connectivity index (χ4v) is 8.95. The molecule has 0 bridgehead atoms. The Labute approximate surface area is 345 Å². The maximum Gasteiger partial charge on any atom is 0.410 e. The Morgan fingerprint density at radius 2 is 1.73 bits per heavy atom. The maximum atomic E-state index is 16.8. The van der Waals surface area contributed by atoms with Crippen LogP contribution in [0.25, 0.3) is 11.4 Å². The molecule has 2 aromatic heterocycles. The highest BCUT2D eigenvalue weighted by Crippen LogP contribution is 2.42. The van der Waals surface area contributed by atoms with E-state index >= 15 is 4.39 Å². The average Bonchev–Trinajstić information content (AvgIpc) is 3.77. The predicted molar refractivity (Wildman–Crippen MR) is 212 cm³/mol. The molecule has 328 valence electrons. The van der Waals surface area contributed by atoms with E-state index in [9.17, 15) is 24.3 Å². The smallest absolute Gasteiger partial charge is 0.410 e. The third-order valence-electron chi connectivity index (χ3n) is 12.3. The zero-order valence-corrected chi connectivity index (χ0v) is 35.9. The molecule has 3 aliphatic heterocycles. The van der Waals surface area contributed by atoms with E-state index in [0.717, 1.165) is 6.92 Å². The van der Waals surface area contributed by atoms with Crippen LogP contribution in [-0.4, -0.2) is 146 Å². The molecular weight excluding hydrogens is 769 g/mol. The summed E-state index contributed by atoms with van der Waals surface area (Å²) in [6.07, 6.45) is -3.54. The van der Waals surface area contributed by atoms with Gasteiger partial charge in [0.1, 0.15) is 29.5 Å². The van der Waals surface area contributed by atoms with Crippen LogP contribution in [0.3, 0.4) is 0 Å². The number of fused-ring (bicyclic) bond motifs is 1. The van der Waals surface area contributed by atoms with Crippen molar-refractivity contribution >= 4 is 29.4 Å². The third kappa shape index (κ3) is 9.61. The van der Waals surface area contributed by atoms with E-state index in [1.807, 2.05) is 25.9 Å². The summed E-state index contributed by atoms with van der Waals surface area (Å²) >= 11 is 0. The highest BCUT2D eigenvalue weighted by atomic mass is 19.1. The molecule has 3 N–H and O–H groups in total. The molecule has 5 rings (SSSR count). The molecule has 0 radical (unpaired) electrons. The first-order valence-electron chi connectivity index (χ1n) is 20.5. The van der Waals surface area contributed by atoms with Gasteiger partial charge in [-0.05, 0) is 79.1 Å². The summed E-state index contributed by atoms with van der Waals surface area (Å²) in [7, 11) is 5.02. The molecule has 59 heavy (non-hydrogen) atoms. The van der Waals surface area contributed by atoms with E-state index < -0.39 is 83.6 Å². The number of likely N-dealkylation sites (N-methyl/N-ethyl adjacent to an activating group) is 1. The molecule has 0 aliphatic carbocycles. The molecule has 13 atom stereocenters. The van der Waals surface area contributed by atoms with Gasteiger partial charge in [0, 0.05) is 44.0 Å². The van der Waals surface area contributed by atoms with Crippen molar-refractivity contribution < 1.29 is 52.4 Å². The Morgan fingerprint density at radius 1 is 1.03 bits per heavy atom. The van der Waals surface area contributed by atoms with Crippen LogP contribution in [0.1, 0.15) is 80.6 Å². The van der Waals surface area contributed by atoms with Gasteiger partial charge in [-0.3, -0.25) is 14.3 Å². The molecule has 0 spiro atoms. The Balaban J connectivity index is 1.43. The number of aromatic nitrogens is 4. The highest BCUT2D eigenvalue weighted by Gasteiger charge is 2.61. The van der Waals surface area contributed by atoms with Crippen LogP contribution in [0.5, 0.6) is 0 Å². The number of halogens is 1. The number of unbranched alkanes of at least 4 members (excludes halogenated alkanes) is 1. The number of carbonyl (C=O) groups excluding carboxylic acids is 4. The number of Topliss-reactive ketones (excluding diaryl/α,β-unsaturated/α-hetero) is 2. The number of cyclic esters (lactones) is 1. The molecule has 5 heterocycles. The number of hydrogen-bond donors (Lipinski definition) is 2. The van der Waals surface area contributed by atoms with E-state index in [1.165, 1.54) is 18.9 Å². The monoisotopic (exact) mass is 831 g/mol. The van der Waals surface area contributed by atoms with Crippen LogP contribution in [-0.2, 0) is 44.6 Å². The largest absolute Gasteiger partial charge is 0.455 e. The minimum absolute atomic E-state index is 0.0192. The molecular formula is C41H62FN7O10. The lowest BCUT2D eigenvalue weighted by atomic mass is 9.75. The van der Waals surface area contributed by atoms with E-state index in [2.05, 4.69) is 15.3 Å². The lowest BCUT2D eigenvalue weighted by Crippen LogP contribution is -2.60. The van der Waals surface area contributed by atoms with Gasteiger partial charge < -0.3 is 44.3 Å². The van der Waals surface area contributed by atoms with E-state index in [4.69, 9.17) is 29.4 Å². The van der Waals surface area contributed by atoms with Gasteiger partial charge in [-0.2, -0.15) is 0 Å². The Morgan fingerprint density at radius 3 is 2.37 bits per heavy atom. The molecule has 9 unspecified atom stereocenters. The van der Waals surface area contributed by atoms with Crippen molar-refractivity contribution in [3.63, 3.8) is 0 Å². The van der Waals surface area contributed by atoms with Gasteiger partial charge in [0.25, 0.3) is 5.67 Å². The Hall–Kier alpha value is -4.10. The number of nitrogen functional groups attached to an aromatic ring is 1. The quantitative estimate of drug-likeness (QED) is 0.188. The number of alkyl halides is 1. The van der Waals surface area contributed by atoms with Crippen LogP contribution in [0, 0.1) is 17.8 Å². The number of rotatable bonds is 11. The fraction of sp³-hybridized carbons (Fsp3) is 0.732. The summed E-state index contributed by atoms with van der Waals surface area (Å²) in [5.41, 5.74) is 2.19. The molecule has 0 saturated carbocycles. The van der Waals surface area contributed by atoms with Crippen molar-refractivity contribution in [2.45, 2.75) is 147 Å². The molecule has 3 saturated heterocycles. The SMILES string of the molecule is CCC1OC(=O)C(C)(F)C(=O)C(C)[C@@H](OC2OC(C)CC(N(C)C)C2O)C(OC)C[C@@H](C)C(=O)[C@H](C)C2N(CCCCn3cc(-c4cccc(N)n4)nn3)C(=O)O[C@]12C. The lowest BCUT2D eigenvalue weighted by Gasteiger charge is -2.44. The first kappa shape index (κ1) is 46.0. The van der Waals surface area contributed by atoms with Crippen molar-refractivity contribution in [2.24, 2.45) is 17.8 Å². The summed E-state index contributed by atoms with van der Waals surface area (Å²) in [5, 5.41) is 19.7. The van der Waals surface area contributed by atoms with Crippen molar-refractivity contribution in [3.8, 4) is 11.4 Å². The van der Waals surface area contributed by atoms with Gasteiger partial charge in [-0.1, -0.05) is 39.0 Å². The minimum atomic E-state index is -3.17. The number of hydrogen-bond acceptors (Lipinski definition) is 15. The van der Waals surface area contributed by atoms with Gasteiger partial charge in [-0.15, -0.1) is 5.10 Å². The van der Waals surface area contributed by atoms with Gasteiger partial charge in [0.15, 0.2) is 17.7 Å². The second kappa shape index (κ2) is 18.7. The van der Waals surface area contributed by atoms with Gasteiger partial charge in [0.2, 0.25) is 0 Å².